The van der Waals surface area contributed by atoms with Crippen molar-refractivity contribution in [2.45, 2.75) is 26.3 Å². The van der Waals surface area contributed by atoms with Crippen molar-refractivity contribution >= 4 is 23.1 Å². The lowest BCUT2D eigenvalue weighted by Gasteiger charge is -2.25. The molecule has 3 aromatic rings. The fourth-order valence-corrected chi connectivity index (χ4v) is 4.05. The highest BCUT2D eigenvalue weighted by Gasteiger charge is 2.21. The van der Waals surface area contributed by atoms with E-state index in [2.05, 4.69) is 20.5 Å². The molecule has 5 rings (SSSR count). The first-order valence-electron chi connectivity index (χ1n) is 9.92. The van der Waals surface area contributed by atoms with Crippen molar-refractivity contribution in [3.8, 4) is 5.75 Å². The van der Waals surface area contributed by atoms with Crippen LogP contribution in [-0.2, 0) is 17.8 Å². The Morgan fingerprint density at radius 3 is 3.03 bits per heavy atom. The molecule has 30 heavy (non-hydrogen) atoms. The number of halogens is 1. The van der Waals surface area contributed by atoms with E-state index < -0.39 is 0 Å². The van der Waals surface area contributed by atoms with Crippen LogP contribution in [0.25, 0.3) is 11.2 Å². The van der Waals surface area contributed by atoms with Gasteiger partial charge in [-0.25, -0.2) is 9.37 Å². The number of ether oxygens (including phenoxy) is 1. The van der Waals surface area contributed by atoms with Crippen LogP contribution in [0.1, 0.15) is 30.0 Å². The Bertz CT molecular complexity index is 1170. The number of hydrogen-bond acceptors (Lipinski definition) is 6. The van der Waals surface area contributed by atoms with E-state index in [1.807, 2.05) is 6.08 Å². The molecule has 4 heterocycles. The lowest BCUT2D eigenvalue weighted by atomic mass is 10.0. The van der Waals surface area contributed by atoms with Crippen molar-refractivity contribution in [2.24, 2.45) is 0 Å². The molecule has 0 fully saturated rings. The molecule has 0 saturated carbocycles. The van der Waals surface area contributed by atoms with Crippen LogP contribution in [0, 0.1) is 5.82 Å². The van der Waals surface area contributed by atoms with Crippen LogP contribution in [0.15, 0.2) is 30.7 Å². The van der Waals surface area contributed by atoms with E-state index in [1.54, 1.807) is 34.8 Å². The van der Waals surface area contributed by atoms with Gasteiger partial charge in [-0.05, 0) is 24.1 Å². The average molecular weight is 408 g/mol. The number of anilines is 1. The molecule has 0 radical (unpaired) electrons. The summed E-state index contributed by atoms with van der Waals surface area (Å²) in [7, 11) is 0. The van der Waals surface area contributed by atoms with E-state index in [0.29, 0.717) is 43.3 Å². The van der Waals surface area contributed by atoms with E-state index in [1.165, 1.54) is 6.07 Å². The van der Waals surface area contributed by atoms with Gasteiger partial charge in [-0.1, -0.05) is 6.08 Å². The molecule has 2 aliphatic heterocycles. The van der Waals surface area contributed by atoms with Crippen LogP contribution in [0.3, 0.4) is 0 Å². The molecule has 0 aliphatic carbocycles. The number of hydrogen-bond donors (Lipinski definition) is 1. The maximum atomic E-state index is 14.4. The molecular weight excluding hydrogens is 387 g/mol. The maximum Gasteiger partial charge on any atom is 0.219 e. The molecule has 2 aromatic heterocycles. The van der Waals surface area contributed by atoms with Crippen molar-refractivity contribution < 1.29 is 13.9 Å². The molecule has 1 N–H and O–H groups in total. The van der Waals surface area contributed by atoms with Crippen LogP contribution >= 0.6 is 0 Å². The minimum absolute atomic E-state index is 0.0700. The second kappa shape index (κ2) is 7.40. The molecule has 1 aromatic carbocycles. The molecule has 0 bridgehead atoms. The summed E-state index contributed by atoms with van der Waals surface area (Å²) < 4.78 is 21.7. The number of fused-ring (bicyclic) bond motifs is 2. The zero-order chi connectivity index (χ0) is 20.7. The van der Waals surface area contributed by atoms with Gasteiger partial charge in [0.15, 0.2) is 5.65 Å². The summed E-state index contributed by atoms with van der Waals surface area (Å²) in [5.41, 5.74) is 4.16. The Hall–Kier alpha value is -3.49. The van der Waals surface area contributed by atoms with E-state index in [4.69, 9.17) is 4.74 Å². The van der Waals surface area contributed by atoms with Crippen molar-refractivity contribution in [2.75, 3.05) is 25.0 Å². The molecule has 2 aliphatic rings. The summed E-state index contributed by atoms with van der Waals surface area (Å²) >= 11 is 0. The maximum absolute atomic E-state index is 14.4. The van der Waals surface area contributed by atoms with Gasteiger partial charge in [-0.3, -0.25) is 9.20 Å². The number of rotatable bonds is 4. The summed E-state index contributed by atoms with van der Waals surface area (Å²) in [4.78, 5) is 17.9. The monoisotopic (exact) mass is 408 g/mol. The number of carbonyl (C=O) groups excluding carboxylic acids is 1. The number of amides is 1. The number of benzene rings is 1. The predicted octanol–water partition coefficient (Wildman–Crippen LogP) is 2.45. The normalized spacial score (nSPS) is 15.7. The van der Waals surface area contributed by atoms with E-state index >= 15 is 0 Å². The minimum Gasteiger partial charge on any atom is -0.493 e. The first-order valence-corrected chi connectivity index (χ1v) is 9.92. The molecule has 9 heteroatoms. The van der Waals surface area contributed by atoms with Crippen LogP contribution < -0.4 is 10.1 Å². The molecular formula is C21H21FN6O2. The summed E-state index contributed by atoms with van der Waals surface area (Å²) in [6.45, 7) is 3.68. The molecule has 0 unspecified atom stereocenters. The van der Waals surface area contributed by atoms with Gasteiger partial charge in [-0.15, -0.1) is 10.2 Å². The van der Waals surface area contributed by atoms with Gasteiger partial charge in [-0.2, -0.15) is 0 Å². The summed E-state index contributed by atoms with van der Waals surface area (Å²) in [5, 5.41) is 11.5. The first-order chi connectivity index (χ1) is 14.6. The highest BCUT2D eigenvalue weighted by molar-refractivity contribution is 5.79. The molecule has 0 saturated heterocycles. The molecule has 0 atom stereocenters. The Balaban J connectivity index is 1.42. The van der Waals surface area contributed by atoms with Gasteiger partial charge >= 0.3 is 0 Å². The Labute approximate surface area is 172 Å². The third-order valence-electron chi connectivity index (χ3n) is 5.70. The van der Waals surface area contributed by atoms with Crippen LogP contribution in [0.5, 0.6) is 5.75 Å². The second-order valence-electron chi connectivity index (χ2n) is 7.42. The SMILES string of the molecule is CC(=O)N1CC=C(c2cnc(NCc3c(F)ccc4c3CCO4)n3cnnc23)CC1. The fraction of sp³-hybridized carbons (Fsp3) is 0.333. The quantitative estimate of drug-likeness (QED) is 0.714. The molecule has 8 nitrogen and oxygen atoms in total. The Morgan fingerprint density at radius 2 is 2.23 bits per heavy atom. The van der Waals surface area contributed by atoms with Crippen molar-refractivity contribution in [3.63, 3.8) is 0 Å². The third kappa shape index (κ3) is 3.16. The minimum atomic E-state index is -0.259. The second-order valence-corrected chi connectivity index (χ2v) is 7.42. The van der Waals surface area contributed by atoms with Gasteiger partial charge in [0.25, 0.3) is 0 Å². The molecule has 1 amide bonds. The lowest BCUT2D eigenvalue weighted by molar-refractivity contribution is -0.128. The Morgan fingerprint density at radius 1 is 1.33 bits per heavy atom. The summed E-state index contributed by atoms with van der Waals surface area (Å²) in [6, 6.07) is 3.11. The highest BCUT2D eigenvalue weighted by Crippen LogP contribution is 2.31. The van der Waals surface area contributed by atoms with E-state index in [0.717, 1.165) is 28.9 Å². The largest absolute Gasteiger partial charge is 0.493 e. The van der Waals surface area contributed by atoms with Gasteiger partial charge < -0.3 is 15.0 Å². The number of nitrogens with one attached hydrogen (secondary N) is 1. The van der Waals surface area contributed by atoms with Crippen LogP contribution in [-0.4, -0.2) is 50.1 Å². The number of nitrogens with zero attached hydrogens (tertiary/aromatic N) is 5. The molecule has 154 valence electrons. The fourth-order valence-electron chi connectivity index (χ4n) is 4.05. The first kappa shape index (κ1) is 18.5. The van der Waals surface area contributed by atoms with Gasteiger partial charge in [0, 0.05) is 55.9 Å². The zero-order valence-electron chi connectivity index (χ0n) is 16.6. The standard InChI is InChI=1S/C21H21FN6O2/c1-13(29)27-7-4-14(5-8-27)16-10-23-21(28-12-25-26-20(16)28)24-11-17-15-6-9-30-19(15)3-2-18(17)22/h2-4,10,12H,5-9,11H2,1H3,(H,23,24). The smallest absolute Gasteiger partial charge is 0.219 e. The van der Waals surface area contributed by atoms with Gasteiger partial charge in [0.05, 0.1) is 6.61 Å². The van der Waals surface area contributed by atoms with Crippen molar-refractivity contribution in [1.82, 2.24) is 24.5 Å². The van der Waals surface area contributed by atoms with Gasteiger partial charge in [0.1, 0.15) is 17.9 Å². The average Bonchev–Trinajstić information content (AvgIpc) is 3.43. The summed E-state index contributed by atoms with van der Waals surface area (Å²) in [5.74, 6) is 1.10. The lowest BCUT2D eigenvalue weighted by Crippen LogP contribution is -2.32. The predicted molar refractivity (Wildman–Crippen MR) is 109 cm³/mol. The Kier molecular flexibility index (Phi) is 4.57. The van der Waals surface area contributed by atoms with Crippen molar-refractivity contribution in [1.29, 1.82) is 0 Å². The molecule has 0 spiro atoms. The third-order valence-corrected chi connectivity index (χ3v) is 5.70. The van der Waals surface area contributed by atoms with Crippen LogP contribution in [0.2, 0.25) is 0 Å². The van der Waals surface area contributed by atoms with E-state index in [9.17, 15) is 9.18 Å². The number of aromatic nitrogens is 4. The van der Waals surface area contributed by atoms with Crippen molar-refractivity contribution in [3.05, 3.63) is 53.2 Å². The van der Waals surface area contributed by atoms with E-state index in [-0.39, 0.29) is 18.3 Å². The summed E-state index contributed by atoms with van der Waals surface area (Å²) in [6.07, 6.45) is 6.82. The van der Waals surface area contributed by atoms with Gasteiger partial charge in [0.2, 0.25) is 11.9 Å². The highest BCUT2D eigenvalue weighted by atomic mass is 19.1. The van der Waals surface area contributed by atoms with Crippen LogP contribution in [0.4, 0.5) is 10.3 Å². The topological polar surface area (TPSA) is 84.7 Å². The number of carbonyl (C=O) groups is 1. The zero-order valence-corrected chi connectivity index (χ0v) is 16.6.